The van der Waals surface area contributed by atoms with E-state index >= 15 is 0 Å². The summed E-state index contributed by atoms with van der Waals surface area (Å²) in [5.41, 5.74) is 0.259. The monoisotopic (exact) mass is 181 g/mol. The van der Waals surface area contributed by atoms with Crippen LogP contribution in [0, 0.1) is 11.3 Å². The van der Waals surface area contributed by atoms with Gasteiger partial charge in [-0.2, -0.15) is 4.99 Å². The molecule has 1 fully saturated rings. The van der Waals surface area contributed by atoms with Crippen molar-refractivity contribution >= 4 is 6.08 Å². The predicted octanol–water partition coefficient (Wildman–Crippen LogP) is 2.93. The molecule has 2 nitrogen and oxygen atoms in total. The lowest BCUT2D eigenvalue weighted by Crippen LogP contribution is -2.38. The fourth-order valence-corrected chi connectivity index (χ4v) is 2.09. The van der Waals surface area contributed by atoms with Crippen LogP contribution in [0.2, 0.25) is 0 Å². The summed E-state index contributed by atoms with van der Waals surface area (Å²) in [6.45, 7) is 8.89. The fourth-order valence-electron chi connectivity index (χ4n) is 2.09. The van der Waals surface area contributed by atoms with Gasteiger partial charge in [-0.25, -0.2) is 4.79 Å². The molecule has 74 valence electrons. The zero-order chi connectivity index (χ0) is 10.1. The Kier molecular flexibility index (Phi) is 2.63. The third kappa shape index (κ3) is 2.19. The second kappa shape index (κ2) is 3.26. The molecule has 0 spiro atoms. The molecule has 2 heteroatoms. The van der Waals surface area contributed by atoms with Gasteiger partial charge in [0.1, 0.15) is 0 Å². The maximum absolute atomic E-state index is 10.3. The smallest absolute Gasteiger partial charge is 0.211 e. The zero-order valence-corrected chi connectivity index (χ0v) is 9.05. The lowest BCUT2D eigenvalue weighted by Gasteiger charge is -2.43. The van der Waals surface area contributed by atoms with E-state index in [-0.39, 0.29) is 5.54 Å². The highest BCUT2D eigenvalue weighted by molar-refractivity contribution is 5.34. The maximum atomic E-state index is 10.3. The first kappa shape index (κ1) is 10.5. The molecule has 0 aromatic heterocycles. The van der Waals surface area contributed by atoms with Gasteiger partial charge < -0.3 is 0 Å². The van der Waals surface area contributed by atoms with Crippen molar-refractivity contribution in [1.82, 2.24) is 0 Å². The molecule has 0 amide bonds. The number of carbonyl (C=O) groups excluding carboxylic acids is 1. The summed E-state index contributed by atoms with van der Waals surface area (Å²) in [6.07, 6.45) is 4.87. The van der Waals surface area contributed by atoms with E-state index in [1.807, 2.05) is 0 Å². The van der Waals surface area contributed by atoms with E-state index in [1.165, 1.54) is 0 Å². The van der Waals surface area contributed by atoms with Crippen molar-refractivity contribution in [3.05, 3.63) is 0 Å². The number of rotatable bonds is 1. The van der Waals surface area contributed by atoms with E-state index in [1.54, 1.807) is 6.08 Å². The van der Waals surface area contributed by atoms with Crippen LogP contribution in [0.25, 0.3) is 0 Å². The van der Waals surface area contributed by atoms with Gasteiger partial charge in [-0.1, -0.05) is 20.8 Å². The first-order chi connectivity index (χ1) is 5.90. The van der Waals surface area contributed by atoms with Crippen LogP contribution in [-0.2, 0) is 4.79 Å². The number of aliphatic imine (C=N–C) groups is 1. The van der Waals surface area contributed by atoms with Gasteiger partial charge in [0, 0.05) is 0 Å². The summed E-state index contributed by atoms with van der Waals surface area (Å²) < 4.78 is 0. The van der Waals surface area contributed by atoms with Crippen LogP contribution in [0.3, 0.4) is 0 Å². The Morgan fingerprint density at radius 3 is 2.38 bits per heavy atom. The van der Waals surface area contributed by atoms with Crippen LogP contribution >= 0.6 is 0 Å². The van der Waals surface area contributed by atoms with E-state index in [0.29, 0.717) is 11.3 Å². The largest absolute Gasteiger partial charge is 0.235 e. The summed E-state index contributed by atoms with van der Waals surface area (Å²) >= 11 is 0. The van der Waals surface area contributed by atoms with Gasteiger partial charge in [0.15, 0.2) is 0 Å². The second-order valence-corrected chi connectivity index (χ2v) is 5.29. The molecular weight excluding hydrogens is 162 g/mol. The third-order valence-electron chi connectivity index (χ3n) is 3.70. The summed E-state index contributed by atoms with van der Waals surface area (Å²) in [7, 11) is 0. The Hall–Kier alpha value is -0.620. The minimum absolute atomic E-state index is 0.142. The van der Waals surface area contributed by atoms with Crippen LogP contribution in [-0.4, -0.2) is 11.6 Å². The Morgan fingerprint density at radius 1 is 1.31 bits per heavy atom. The van der Waals surface area contributed by atoms with E-state index in [9.17, 15) is 4.79 Å². The minimum atomic E-state index is -0.142. The van der Waals surface area contributed by atoms with Crippen molar-refractivity contribution < 1.29 is 4.79 Å². The zero-order valence-electron chi connectivity index (χ0n) is 9.05. The van der Waals surface area contributed by atoms with Crippen molar-refractivity contribution in [1.29, 1.82) is 0 Å². The van der Waals surface area contributed by atoms with Gasteiger partial charge in [-0.15, -0.1) is 0 Å². The minimum Gasteiger partial charge on any atom is -0.211 e. The van der Waals surface area contributed by atoms with Gasteiger partial charge in [-0.3, -0.25) is 0 Å². The number of hydrogen-bond donors (Lipinski definition) is 0. The van der Waals surface area contributed by atoms with Crippen molar-refractivity contribution in [3.8, 4) is 0 Å². The van der Waals surface area contributed by atoms with Gasteiger partial charge in [0.05, 0.1) is 5.54 Å². The first-order valence-corrected chi connectivity index (χ1v) is 4.99. The summed E-state index contributed by atoms with van der Waals surface area (Å²) in [5, 5.41) is 0. The molecule has 0 N–H and O–H groups in total. The SMILES string of the molecule is CC1CC(C)(N=C=O)CCC1(C)C. The standard InChI is InChI=1S/C11H19NO/c1-9-7-11(4,12-8-13)6-5-10(9,2)3/h9H,5-7H2,1-4H3. The maximum Gasteiger partial charge on any atom is 0.235 e. The number of hydrogen-bond acceptors (Lipinski definition) is 2. The molecule has 1 aliphatic rings. The van der Waals surface area contributed by atoms with Crippen LogP contribution in [0.5, 0.6) is 0 Å². The van der Waals surface area contributed by atoms with E-state index in [2.05, 4.69) is 32.7 Å². The normalized spacial score (nSPS) is 38.0. The molecule has 0 radical (unpaired) electrons. The van der Waals surface area contributed by atoms with Crippen molar-refractivity contribution in [2.75, 3.05) is 0 Å². The average molecular weight is 181 g/mol. The van der Waals surface area contributed by atoms with Crippen molar-refractivity contribution in [2.24, 2.45) is 16.3 Å². The van der Waals surface area contributed by atoms with Crippen LogP contribution in [0.15, 0.2) is 4.99 Å². The lowest BCUT2D eigenvalue weighted by atomic mass is 9.64. The van der Waals surface area contributed by atoms with Crippen LogP contribution in [0.4, 0.5) is 0 Å². The average Bonchev–Trinajstić information content (AvgIpc) is 1.99. The summed E-state index contributed by atoms with van der Waals surface area (Å²) in [5.74, 6) is 0.628. The molecule has 0 bridgehead atoms. The van der Waals surface area contributed by atoms with Crippen LogP contribution < -0.4 is 0 Å². The van der Waals surface area contributed by atoms with Gasteiger partial charge >= 0.3 is 0 Å². The van der Waals surface area contributed by atoms with E-state index < -0.39 is 0 Å². The molecule has 1 saturated carbocycles. The molecule has 1 aliphatic carbocycles. The number of nitrogens with zero attached hydrogens (tertiary/aromatic N) is 1. The molecule has 0 aromatic carbocycles. The summed E-state index contributed by atoms with van der Waals surface area (Å²) in [6, 6.07) is 0. The molecule has 2 atom stereocenters. The molecular formula is C11H19NO. The number of isocyanates is 1. The first-order valence-electron chi connectivity index (χ1n) is 4.99. The molecule has 1 rings (SSSR count). The molecule has 0 heterocycles. The van der Waals surface area contributed by atoms with Crippen molar-refractivity contribution in [3.63, 3.8) is 0 Å². The third-order valence-corrected chi connectivity index (χ3v) is 3.70. The van der Waals surface area contributed by atoms with Gasteiger partial charge in [0.2, 0.25) is 6.08 Å². The Bertz CT molecular complexity index is 240. The Balaban J connectivity index is 2.75. The Morgan fingerprint density at radius 2 is 1.92 bits per heavy atom. The topological polar surface area (TPSA) is 29.4 Å². The second-order valence-electron chi connectivity index (χ2n) is 5.29. The molecule has 0 aromatic rings. The molecule has 0 aliphatic heterocycles. The lowest BCUT2D eigenvalue weighted by molar-refractivity contribution is 0.103. The highest BCUT2D eigenvalue weighted by Crippen LogP contribution is 2.45. The highest BCUT2D eigenvalue weighted by Gasteiger charge is 2.39. The molecule has 13 heavy (non-hydrogen) atoms. The van der Waals surface area contributed by atoms with Gasteiger partial charge in [-0.05, 0) is 37.5 Å². The highest BCUT2D eigenvalue weighted by atomic mass is 16.1. The summed E-state index contributed by atoms with van der Waals surface area (Å²) in [4.78, 5) is 14.2. The van der Waals surface area contributed by atoms with Crippen LogP contribution in [0.1, 0.15) is 47.0 Å². The quantitative estimate of drug-likeness (QED) is 0.451. The predicted molar refractivity (Wildman–Crippen MR) is 53.3 cm³/mol. The van der Waals surface area contributed by atoms with Crippen molar-refractivity contribution in [2.45, 2.75) is 52.5 Å². The van der Waals surface area contributed by atoms with E-state index in [0.717, 1.165) is 19.3 Å². The van der Waals surface area contributed by atoms with Gasteiger partial charge in [0.25, 0.3) is 0 Å². The fraction of sp³-hybridized carbons (Fsp3) is 0.909. The molecule has 2 unspecified atom stereocenters. The molecule has 0 saturated heterocycles. The van der Waals surface area contributed by atoms with E-state index in [4.69, 9.17) is 0 Å². The Labute approximate surface area is 80.4 Å².